The Labute approximate surface area is 130 Å². The summed E-state index contributed by atoms with van der Waals surface area (Å²) in [6, 6.07) is 10.1. The van der Waals surface area contributed by atoms with Gasteiger partial charge in [0.05, 0.1) is 7.11 Å². The standard InChI is InChI=1S/C17H20N2OS/c1-20-14-8-6-12(7-9-14)10-16-18-15(11-17(21)19-16)13-4-2-3-5-13/h6-9,11,13H,2-5,10H2,1H3,(H,18,19,21). The Bertz CT molecular complexity index is 657. The molecule has 1 aliphatic rings. The molecular formula is C17H20N2OS. The van der Waals surface area contributed by atoms with Crippen LogP contribution >= 0.6 is 12.2 Å². The molecule has 1 aromatic carbocycles. The van der Waals surface area contributed by atoms with Gasteiger partial charge < -0.3 is 9.72 Å². The van der Waals surface area contributed by atoms with E-state index in [1.165, 1.54) is 36.9 Å². The molecule has 1 heterocycles. The Morgan fingerprint density at radius 3 is 2.62 bits per heavy atom. The van der Waals surface area contributed by atoms with Crippen molar-refractivity contribution in [2.75, 3.05) is 7.11 Å². The molecule has 21 heavy (non-hydrogen) atoms. The molecule has 1 fully saturated rings. The van der Waals surface area contributed by atoms with E-state index >= 15 is 0 Å². The molecule has 4 heteroatoms. The average molecular weight is 300 g/mol. The first kappa shape index (κ1) is 14.3. The normalized spacial score (nSPS) is 15.3. The number of nitrogens with one attached hydrogen (secondary N) is 1. The van der Waals surface area contributed by atoms with E-state index in [2.05, 4.69) is 22.1 Å². The molecule has 0 radical (unpaired) electrons. The van der Waals surface area contributed by atoms with Crippen LogP contribution in [0, 0.1) is 4.64 Å². The van der Waals surface area contributed by atoms with Crippen molar-refractivity contribution in [3.05, 3.63) is 52.1 Å². The molecule has 0 aliphatic heterocycles. The highest BCUT2D eigenvalue weighted by molar-refractivity contribution is 7.71. The van der Waals surface area contributed by atoms with Gasteiger partial charge in [-0.3, -0.25) is 0 Å². The third-order valence-corrected chi connectivity index (χ3v) is 4.35. The number of aromatic nitrogens is 2. The van der Waals surface area contributed by atoms with E-state index in [0.29, 0.717) is 10.6 Å². The Hall–Kier alpha value is -1.68. The van der Waals surface area contributed by atoms with Crippen LogP contribution in [0.3, 0.4) is 0 Å². The summed E-state index contributed by atoms with van der Waals surface area (Å²) < 4.78 is 5.88. The Balaban J connectivity index is 1.82. The van der Waals surface area contributed by atoms with E-state index in [-0.39, 0.29) is 0 Å². The maximum Gasteiger partial charge on any atom is 0.130 e. The molecule has 3 nitrogen and oxygen atoms in total. The smallest absolute Gasteiger partial charge is 0.130 e. The van der Waals surface area contributed by atoms with Gasteiger partial charge in [-0.1, -0.05) is 37.2 Å². The molecule has 1 aliphatic carbocycles. The minimum Gasteiger partial charge on any atom is -0.497 e. The van der Waals surface area contributed by atoms with Gasteiger partial charge in [-0.15, -0.1) is 0 Å². The highest BCUT2D eigenvalue weighted by Gasteiger charge is 2.18. The SMILES string of the molecule is COc1ccc(Cc2nc(=S)cc(C3CCCC3)[nH]2)cc1. The summed E-state index contributed by atoms with van der Waals surface area (Å²) >= 11 is 5.33. The number of H-pyrrole nitrogens is 1. The number of hydrogen-bond acceptors (Lipinski definition) is 3. The van der Waals surface area contributed by atoms with Crippen LogP contribution in [0.5, 0.6) is 5.75 Å². The molecule has 1 N–H and O–H groups in total. The molecule has 3 rings (SSSR count). The van der Waals surface area contributed by atoms with E-state index in [9.17, 15) is 0 Å². The fourth-order valence-corrected chi connectivity index (χ4v) is 3.24. The predicted octanol–water partition coefficient (Wildman–Crippen LogP) is 4.40. The summed E-state index contributed by atoms with van der Waals surface area (Å²) in [6.45, 7) is 0. The summed E-state index contributed by atoms with van der Waals surface area (Å²) in [5.74, 6) is 2.46. The number of benzene rings is 1. The largest absolute Gasteiger partial charge is 0.497 e. The van der Waals surface area contributed by atoms with Gasteiger partial charge in [-0.25, -0.2) is 4.98 Å². The molecule has 110 valence electrons. The molecule has 0 unspecified atom stereocenters. The van der Waals surface area contributed by atoms with Crippen LogP contribution < -0.4 is 4.74 Å². The van der Waals surface area contributed by atoms with Crippen molar-refractivity contribution < 1.29 is 4.74 Å². The lowest BCUT2D eigenvalue weighted by Gasteiger charge is -2.11. The van der Waals surface area contributed by atoms with Crippen molar-refractivity contribution in [2.45, 2.75) is 38.0 Å². The zero-order valence-corrected chi connectivity index (χ0v) is 13.1. The van der Waals surface area contributed by atoms with Gasteiger partial charge in [0.2, 0.25) is 0 Å². The minimum atomic E-state index is 0.629. The van der Waals surface area contributed by atoms with Gasteiger partial charge in [0.1, 0.15) is 16.2 Å². The zero-order valence-electron chi connectivity index (χ0n) is 12.3. The van der Waals surface area contributed by atoms with Crippen molar-refractivity contribution in [1.29, 1.82) is 0 Å². The Kier molecular flexibility index (Phi) is 4.34. The average Bonchev–Trinajstić information content (AvgIpc) is 3.02. The van der Waals surface area contributed by atoms with E-state index < -0.39 is 0 Å². The monoisotopic (exact) mass is 300 g/mol. The van der Waals surface area contributed by atoms with Gasteiger partial charge in [-0.05, 0) is 42.5 Å². The Morgan fingerprint density at radius 2 is 1.95 bits per heavy atom. The van der Waals surface area contributed by atoms with Crippen LogP contribution in [0.4, 0.5) is 0 Å². The molecule has 0 spiro atoms. The summed E-state index contributed by atoms with van der Waals surface area (Å²) in [4.78, 5) is 7.97. The van der Waals surface area contributed by atoms with Crippen molar-refractivity contribution in [3.8, 4) is 5.75 Å². The summed E-state index contributed by atoms with van der Waals surface area (Å²) in [6.07, 6.45) is 5.94. The first-order chi connectivity index (χ1) is 10.2. The van der Waals surface area contributed by atoms with E-state index in [4.69, 9.17) is 17.0 Å². The number of nitrogens with zero attached hydrogens (tertiary/aromatic N) is 1. The third-order valence-electron chi connectivity index (χ3n) is 4.14. The van der Waals surface area contributed by atoms with Crippen molar-refractivity contribution in [3.63, 3.8) is 0 Å². The molecule has 0 amide bonds. The molecule has 0 bridgehead atoms. The molecule has 2 aromatic rings. The van der Waals surface area contributed by atoms with Crippen molar-refractivity contribution >= 4 is 12.2 Å². The maximum atomic E-state index is 5.33. The summed E-state index contributed by atoms with van der Waals surface area (Å²) in [5, 5.41) is 0. The van der Waals surface area contributed by atoms with Crippen LogP contribution in [0.2, 0.25) is 0 Å². The van der Waals surface area contributed by atoms with Crippen LogP contribution in [-0.2, 0) is 6.42 Å². The lowest BCUT2D eigenvalue weighted by Crippen LogP contribution is -2.04. The first-order valence-corrected chi connectivity index (χ1v) is 7.88. The van der Waals surface area contributed by atoms with Crippen LogP contribution in [0.1, 0.15) is 48.7 Å². The van der Waals surface area contributed by atoms with Gasteiger partial charge in [0.15, 0.2) is 0 Å². The lowest BCUT2D eigenvalue weighted by atomic mass is 10.0. The van der Waals surface area contributed by atoms with Crippen LogP contribution in [0.25, 0.3) is 0 Å². The topological polar surface area (TPSA) is 37.9 Å². The maximum absolute atomic E-state index is 5.33. The van der Waals surface area contributed by atoms with Gasteiger partial charge in [0, 0.05) is 12.1 Å². The quantitative estimate of drug-likeness (QED) is 0.851. The van der Waals surface area contributed by atoms with Crippen LogP contribution in [0.15, 0.2) is 30.3 Å². The third kappa shape index (κ3) is 3.50. The number of methoxy groups -OCH3 is 1. The van der Waals surface area contributed by atoms with E-state index in [1.807, 2.05) is 18.2 Å². The van der Waals surface area contributed by atoms with E-state index in [0.717, 1.165) is 18.0 Å². The Morgan fingerprint density at radius 1 is 1.24 bits per heavy atom. The second-order valence-corrected chi connectivity index (χ2v) is 6.05. The fourth-order valence-electron chi connectivity index (χ4n) is 3.01. The van der Waals surface area contributed by atoms with Gasteiger partial charge >= 0.3 is 0 Å². The second kappa shape index (κ2) is 6.39. The molecule has 1 saturated carbocycles. The number of ether oxygens (including phenoxy) is 1. The van der Waals surface area contributed by atoms with E-state index in [1.54, 1.807) is 7.11 Å². The molecule has 0 saturated heterocycles. The highest BCUT2D eigenvalue weighted by atomic mass is 32.1. The number of aromatic amines is 1. The fraction of sp³-hybridized carbons (Fsp3) is 0.412. The molecular weight excluding hydrogens is 280 g/mol. The summed E-state index contributed by atoms with van der Waals surface area (Å²) in [5.41, 5.74) is 2.47. The van der Waals surface area contributed by atoms with Crippen LogP contribution in [-0.4, -0.2) is 17.1 Å². The minimum absolute atomic E-state index is 0.629. The predicted molar refractivity (Wildman–Crippen MR) is 86.4 cm³/mol. The van der Waals surface area contributed by atoms with Gasteiger partial charge in [0.25, 0.3) is 0 Å². The lowest BCUT2D eigenvalue weighted by molar-refractivity contribution is 0.414. The van der Waals surface area contributed by atoms with Crippen molar-refractivity contribution in [2.24, 2.45) is 0 Å². The van der Waals surface area contributed by atoms with Gasteiger partial charge in [-0.2, -0.15) is 0 Å². The highest BCUT2D eigenvalue weighted by Crippen LogP contribution is 2.33. The zero-order chi connectivity index (χ0) is 14.7. The molecule has 1 aromatic heterocycles. The van der Waals surface area contributed by atoms with Crippen molar-refractivity contribution in [1.82, 2.24) is 9.97 Å². The summed E-state index contributed by atoms with van der Waals surface area (Å²) in [7, 11) is 1.68. The second-order valence-electron chi connectivity index (χ2n) is 5.63. The number of rotatable bonds is 4. The first-order valence-electron chi connectivity index (χ1n) is 7.47. The molecule has 0 atom stereocenters. The number of hydrogen-bond donors (Lipinski definition) is 1.